The smallest absolute Gasteiger partial charge is 0.325 e. The molecule has 0 bridgehead atoms. The minimum Gasteiger partial charge on any atom is -0.497 e. The third-order valence-corrected chi connectivity index (χ3v) is 5.34. The van der Waals surface area contributed by atoms with Crippen LogP contribution < -0.4 is 10.1 Å². The van der Waals surface area contributed by atoms with Gasteiger partial charge in [0.25, 0.3) is 5.91 Å². The monoisotopic (exact) mass is 388 g/mol. The molecule has 0 fully saturated rings. The van der Waals surface area contributed by atoms with Gasteiger partial charge in [0.15, 0.2) is 0 Å². The second-order valence-electron chi connectivity index (χ2n) is 5.19. The number of hydrogen-bond acceptors (Lipinski definition) is 7. The average molecular weight is 388 g/mol. The summed E-state index contributed by atoms with van der Waals surface area (Å²) in [6, 6.07) is 10.6. The van der Waals surface area contributed by atoms with Gasteiger partial charge in [0.1, 0.15) is 23.9 Å². The zero-order valence-corrected chi connectivity index (χ0v) is 15.6. The van der Waals surface area contributed by atoms with Crippen LogP contribution in [0.15, 0.2) is 47.2 Å². The fourth-order valence-electron chi connectivity index (χ4n) is 2.09. The van der Waals surface area contributed by atoms with E-state index in [0.29, 0.717) is 17.0 Å². The highest BCUT2D eigenvalue weighted by Gasteiger charge is 2.11. The van der Waals surface area contributed by atoms with E-state index in [4.69, 9.17) is 9.47 Å². The van der Waals surface area contributed by atoms with Crippen LogP contribution in [0.2, 0.25) is 0 Å². The first-order chi connectivity index (χ1) is 12.7. The number of carbonyl (C=O) groups excluding carboxylic acids is 2. The molecule has 134 valence electrons. The van der Waals surface area contributed by atoms with Gasteiger partial charge in [-0.1, -0.05) is 6.07 Å². The Labute approximate surface area is 158 Å². The number of thiophene rings is 1. The van der Waals surface area contributed by atoms with Crippen LogP contribution in [0.3, 0.4) is 0 Å². The van der Waals surface area contributed by atoms with Crippen molar-refractivity contribution in [2.75, 3.05) is 13.7 Å². The van der Waals surface area contributed by atoms with Crippen molar-refractivity contribution in [1.29, 1.82) is 0 Å². The second kappa shape index (κ2) is 8.59. The van der Waals surface area contributed by atoms with Crippen molar-refractivity contribution in [3.63, 3.8) is 0 Å². The Balaban J connectivity index is 1.44. The second-order valence-corrected chi connectivity index (χ2v) is 7.00. The number of benzene rings is 1. The first kappa shape index (κ1) is 18.1. The van der Waals surface area contributed by atoms with Crippen molar-refractivity contribution in [1.82, 2.24) is 10.3 Å². The molecule has 0 radical (unpaired) electrons. The maximum absolute atomic E-state index is 12.0. The van der Waals surface area contributed by atoms with Gasteiger partial charge in [0, 0.05) is 10.9 Å². The number of hydrogen-bond donors (Lipinski definition) is 1. The molecule has 0 saturated carbocycles. The molecule has 26 heavy (non-hydrogen) atoms. The largest absolute Gasteiger partial charge is 0.497 e. The van der Waals surface area contributed by atoms with Crippen molar-refractivity contribution in [3.05, 3.63) is 58.4 Å². The summed E-state index contributed by atoms with van der Waals surface area (Å²) in [6.45, 7) is -0.119. The molecule has 2 aromatic heterocycles. The van der Waals surface area contributed by atoms with Crippen LogP contribution >= 0.6 is 22.7 Å². The Morgan fingerprint density at radius 1 is 1.15 bits per heavy atom. The quantitative estimate of drug-likeness (QED) is 0.628. The number of nitrogens with zero attached hydrogens (tertiary/aromatic N) is 1. The zero-order chi connectivity index (χ0) is 18.4. The van der Waals surface area contributed by atoms with Gasteiger partial charge in [0.05, 0.1) is 17.7 Å². The molecule has 0 spiro atoms. The van der Waals surface area contributed by atoms with Crippen LogP contribution in [0, 0.1) is 0 Å². The number of amides is 1. The van der Waals surface area contributed by atoms with Crippen LogP contribution in [0.4, 0.5) is 0 Å². The van der Waals surface area contributed by atoms with Crippen molar-refractivity contribution in [2.45, 2.75) is 6.61 Å². The lowest BCUT2D eigenvalue weighted by Gasteiger charge is -2.06. The highest BCUT2D eigenvalue weighted by atomic mass is 32.1. The molecule has 1 N–H and O–H groups in total. The Bertz CT molecular complexity index is 873. The molecule has 0 aliphatic heterocycles. The number of carbonyl (C=O) groups is 2. The Hall–Kier alpha value is -2.71. The summed E-state index contributed by atoms with van der Waals surface area (Å²) in [7, 11) is 1.55. The van der Waals surface area contributed by atoms with Crippen LogP contribution in [0.5, 0.6) is 5.75 Å². The number of methoxy groups -OCH3 is 1. The Kier molecular flexibility index (Phi) is 5.98. The third-order valence-electron chi connectivity index (χ3n) is 3.41. The maximum atomic E-state index is 12.0. The predicted molar refractivity (Wildman–Crippen MR) is 101 cm³/mol. The molecule has 0 saturated heterocycles. The van der Waals surface area contributed by atoms with E-state index in [9.17, 15) is 9.59 Å². The molecule has 0 atom stereocenters. The van der Waals surface area contributed by atoms with Crippen molar-refractivity contribution >= 4 is 34.6 Å². The van der Waals surface area contributed by atoms with Crippen molar-refractivity contribution < 1.29 is 19.1 Å². The zero-order valence-electron chi connectivity index (χ0n) is 13.9. The summed E-state index contributed by atoms with van der Waals surface area (Å²) >= 11 is 3.12. The maximum Gasteiger partial charge on any atom is 0.325 e. The molecular formula is C18H16N2O4S2. The average Bonchev–Trinajstić information content (AvgIpc) is 3.36. The van der Waals surface area contributed by atoms with E-state index in [1.807, 2.05) is 22.9 Å². The van der Waals surface area contributed by atoms with Crippen LogP contribution in [-0.4, -0.2) is 30.5 Å². The molecule has 0 unspecified atom stereocenters. The standard InChI is InChI=1S/C18H16N2O4S2/c1-23-14-6-4-12(5-7-14)17(22)19-9-16(21)24-10-13-11-26-18(20-13)15-3-2-8-25-15/h2-8,11H,9-10H2,1H3,(H,19,22). The molecular weight excluding hydrogens is 372 g/mol. The summed E-state index contributed by atoms with van der Waals surface area (Å²) < 4.78 is 10.2. The van der Waals surface area contributed by atoms with Gasteiger partial charge in [-0.15, -0.1) is 22.7 Å². The summed E-state index contributed by atoms with van der Waals surface area (Å²) in [5.74, 6) is -0.207. The highest BCUT2D eigenvalue weighted by molar-refractivity contribution is 7.20. The van der Waals surface area contributed by atoms with E-state index < -0.39 is 5.97 Å². The summed E-state index contributed by atoms with van der Waals surface area (Å²) in [6.07, 6.45) is 0. The molecule has 3 aromatic rings. The summed E-state index contributed by atoms with van der Waals surface area (Å²) in [4.78, 5) is 29.3. The number of thiazole rings is 1. The summed E-state index contributed by atoms with van der Waals surface area (Å²) in [5.41, 5.74) is 1.13. The molecule has 0 aliphatic rings. The van der Waals surface area contributed by atoms with Gasteiger partial charge in [-0.2, -0.15) is 0 Å². The number of nitrogens with one attached hydrogen (secondary N) is 1. The van der Waals surface area contributed by atoms with Gasteiger partial charge in [-0.05, 0) is 35.7 Å². The number of rotatable bonds is 7. The van der Waals surface area contributed by atoms with E-state index in [1.165, 1.54) is 11.3 Å². The number of ether oxygens (including phenoxy) is 2. The van der Waals surface area contributed by atoms with Crippen molar-refractivity contribution in [2.24, 2.45) is 0 Å². The molecule has 0 aliphatic carbocycles. The van der Waals surface area contributed by atoms with E-state index in [1.54, 1.807) is 42.7 Å². The van der Waals surface area contributed by atoms with E-state index >= 15 is 0 Å². The molecule has 3 rings (SSSR count). The van der Waals surface area contributed by atoms with Gasteiger partial charge in [-0.25, -0.2) is 4.98 Å². The fraction of sp³-hybridized carbons (Fsp3) is 0.167. The normalized spacial score (nSPS) is 10.3. The molecule has 8 heteroatoms. The topological polar surface area (TPSA) is 77.5 Å². The van der Waals surface area contributed by atoms with E-state index in [2.05, 4.69) is 10.3 Å². The first-order valence-corrected chi connectivity index (χ1v) is 9.48. The molecule has 2 heterocycles. The lowest BCUT2D eigenvalue weighted by atomic mass is 10.2. The van der Waals surface area contributed by atoms with Crippen LogP contribution in [0.1, 0.15) is 16.1 Å². The van der Waals surface area contributed by atoms with Gasteiger partial charge >= 0.3 is 5.97 Å². The molecule has 1 aromatic carbocycles. The SMILES string of the molecule is COc1ccc(C(=O)NCC(=O)OCc2csc(-c3cccs3)n2)cc1. The Morgan fingerprint density at radius 2 is 1.96 bits per heavy atom. The number of aromatic nitrogens is 1. The van der Waals surface area contributed by atoms with Crippen LogP contribution in [-0.2, 0) is 16.1 Å². The van der Waals surface area contributed by atoms with Gasteiger partial charge < -0.3 is 14.8 Å². The van der Waals surface area contributed by atoms with E-state index in [0.717, 1.165) is 9.88 Å². The van der Waals surface area contributed by atoms with E-state index in [-0.39, 0.29) is 19.1 Å². The minimum absolute atomic E-state index is 0.0825. The summed E-state index contributed by atoms with van der Waals surface area (Å²) in [5, 5.41) is 7.28. The minimum atomic E-state index is -0.516. The fourth-order valence-corrected chi connectivity index (χ4v) is 3.71. The van der Waals surface area contributed by atoms with Gasteiger partial charge in [-0.3, -0.25) is 9.59 Å². The first-order valence-electron chi connectivity index (χ1n) is 7.72. The predicted octanol–water partition coefficient (Wildman–Crippen LogP) is 3.35. The number of esters is 1. The molecule has 1 amide bonds. The van der Waals surface area contributed by atoms with Gasteiger partial charge in [0.2, 0.25) is 0 Å². The third kappa shape index (κ3) is 4.68. The highest BCUT2D eigenvalue weighted by Crippen LogP contribution is 2.27. The lowest BCUT2D eigenvalue weighted by molar-refractivity contribution is -0.143. The lowest BCUT2D eigenvalue weighted by Crippen LogP contribution is -2.30. The van der Waals surface area contributed by atoms with Crippen molar-refractivity contribution in [3.8, 4) is 15.6 Å². The van der Waals surface area contributed by atoms with Crippen LogP contribution in [0.25, 0.3) is 9.88 Å². The molecule has 6 nitrogen and oxygen atoms in total. The Morgan fingerprint density at radius 3 is 2.65 bits per heavy atom.